The number of phenolic OH excluding ortho intramolecular Hbond substituents is 2. The van der Waals surface area contributed by atoms with E-state index >= 15 is 0 Å². The summed E-state index contributed by atoms with van der Waals surface area (Å²) in [5.41, 5.74) is 1.16. The molecule has 104 valence electrons. The Hall–Kier alpha value is -2.01. The number of phenols is 2. The van der Waals surface area contributed by atoms with Crippen molar-refractivity contribution in [3.05, 3.63) is 52.0 Å². The molecule has 0 spiro atoms. The van der Waals surface area contributed by atoms with E-state index in [9.17, 15) is 15.0 Å². The number of carbonyl (C=O) groups excluding carboxylic acids is 1. The van der Waals surface area contributed by atoms with Crippen molar-refractivity contribution in [3.8, 4) is 17.2 Å². The van der Waals surface area contributed by atoms with Gasteiger partial charge in [-0.25, -0.2) is 0 Å². The molecule has 0 amide bonds. The number of hydrogen-bond donors (Lipinski definition) is 2. The highest BCUT2D eigenvalue weighted by atomic mass is 79.9. The van der Waals surface area contributed by atoms with Gasteiger partial charge in [-0.3, -0.25) is 0 Å². The van der Waals surface area contributed by atoms with Gasteiger partial charge in [0, 0.05) is 11.6 Å². The van der Waals surface area contributed by atoms with Crippen LogP contribution >= 0.6 is 15.9 Å². The minimum Gasteiger partial charge on any atom is -0.508 e. The summed E-state index contributed by atoms with van der Waals surface area (Å²) in [6, 6.07) is 9.40. The predicted octanol–water partition coefficient (Wildman–Crippen LogP) is 3.20. The molecular weight excluding hydrogens is 324 g/mol. The summed E-state index contributed by atoms with van der Waals surface area (Å²) < 4.78 is 5.74. The van der Waals surface area contributed by atoms with Gasteiger partial charge in [-0.1, -0.05) is 12.1 Å². The van der Waals surface area contributed by atoms with Crippen molar-refractivity contribution in [3.63, 3.8) is 0 Å². The summed E-state index contributed by atoms with van der Waals surface area (Å²) in [6.45, 7) is 0. The molecule has 1 unspecified atom stereocenters. The lowest BCUT2D eigenvalue weighted by Crippen LogP contribution is -2.03. The Balaban J connectivity index is 2.49. The van der Waals surface area contributed by atoms with Gasteiger partial charge >= 0.3 is 0 Å². The van der Waals surface area contributed by atoms with Crippen molar-refractivity contribution in [2.24, 2.45) is 0 Å². The van der Waals surface area contributed by atoms with E-state index in [1.54, 1.807) is 18.2 Å². The zero-order valence-corrected chi connectivity index (χ0v) is 12.3. The van der Waals surface area contributed by atoms with Crippen LogP contribution < -0.4 is 4.74 Å². The van der Waals surface area contributed by atoms with Crippen LogP contribution in [0.15, 0.2) is 40.9 Å². The molecule has 0 heterocycles. The smallest absolute Gasteiger partial charge is 0.136 e. The third-order valence-electron chi connectivity index (χ3n) is 3.02. The summed E-state index contributed by atoms with van der Waals surface area (Å²) in [5, 5.41) is 19.3. The molecule has 20 heavy (non-hydrogen) atoms. The first-order valence-electron chi connectivity index (χ1n) is 5.87. The van der Waals surface area contributed by atoms with E-state index in [1.807, 2.05) is 0 Å². The molecule has 2 rings (SSSR count). The number of halogens is 1. The highest BCUT2D eigenvalue weighted by molar-refractivity contribution is 9.10. The zero-order chi connectivity index (χ0) is 14.7. The molecule has 2 aromatic carbocycles. The molecule has 0 aliphatic heterocycles. The fraction of sp³-hybridized carbons (Fsp3) is 0.133. The number of aldehydes is 1. The van der Waals surface area contributed by atoms with Crippen molar-refractivity contribution < 1.29 is 19.7 Å². The van der Waals surface area contributed by atoms with Crippen molar-refractivity contribution in [1.82, 2.24) is 0 Å². The Morgan fingerprint density at radius 2 is 1.85 bits per heavy atom. The lowest BCUT2D eigenvalue weighted by atomic mass is 9.92. The second kappa shape index (κ2) is 5.96. The molecule has 0 fully saturated rings. The number of benzene rings is 2. The Kier molecular flexibility index (Phi) is 4.29. The molecule has 0 aromatic heterocycles. The monoisotopic (exact) mass is 336 g/mol. The van der Waals surface area contributed by atoms with Gasteiger partial charge in [0.25, 0.3) is 0 Å². The van der Waals surface area contributed by atoms with Crippen LogP contribution in [0.1, 0.15) is 17.0 Å². The summed E-state index contributed by atoms with van der Waals surface area (Å²) >= 11 is 3.33. The first kappa shape index (κ1) is 14.4. The van der Waals surface area contributed by atoms with Crippen LogP contribution in [0.4, 0.5) is 0 Å². The molecule has 2 N–H and O–H groups in total. The molecule has 0 bridgehead atoms. The maximum absolute atomic E-state index is 11.4. The highest BCUT2D eigenvalue weighted by Gasteiger charge is 2.19. The molecule has 2 aromatic rings. The van der Waals surface area contributed by atoms with Gasteiger partial charge in [-0.2, -0.15) is 0 Å². The van der Waals surface area contributed by atoms with Crippen molar-refractivity contribution in [2.45, 2.75) is 5.92 Å². The fourth-order valence-corrected chi connectivity index (χ4v) is 2.50. The largest absolute Gasteiger partial charge is 0.508 e. The molecule has 0 saturated carbocycles. The first-order valence-corrected chi connectivity index (χ1v) is 6.66. The number of aromatic hydroxyl groups is 2. The standard InChI is InChI=1S/C15H13BrO4/c1-20-15-7-14(19)11(6-13(15)16)12(8-17)9-2-4-10(18)5-3-9/h2-8,12,18-19H,1H3. The van der Waals surface area contributed by atoms with E-state index in [0.29, 0.717) is 21.3 Å². The van der Waals surface area contributed by atoms with Crippen LogP contribution in [-0.4, -0.2) is 23.6 Å². The molecule has 5 heteroatoms. The summed E-state index contributed by atoms with van der Waals surface area (Å²) in [7, 11) is 1.50. The van der Waals surface area contributed by atoms with Crippen LogP contribution in [0.5, 0.6) is 17.2 Å². The minimum absolute atomic E-state index is 0.0183. The van der Waals surface area contributed by atoms with Crippen LogP contribution in [-0.2, 0) is 4.79 Å². The molecule has 0 radical (unpaired) electrons. The predicted molar refractivity (Wildman–Crippen MR) is 78.4 cm³/mol. The van der Waals surface area contributed by atoms with Crippen molar-refractivity contribution in [1.29, 1.82) is 0 Å². The highest BCUT2D eigenvalue weighted by Crippen LogP contribution is 2.37. The normalized spacial score (nSPS) is 11.9. The Bertz CT molecular complexity index is 623. The third-order valence-corrected chi connectivity index (χ3v) is 3.64. The molecule has 0 aliphatic rings. The van der Waals surface area contributed by atoms with Gasteiger partial charge in [-0.05, 0) is 39.7 Å². The molecular formula is C15H13BrO4. The Morgan fingerprint density at radius 1 is 1.20 bits per heavy atom. The van der Waals surface area contributed by atoms with Gasteiger partial charge in [0.05, 0.1) is 17.5 Å². The number of rotatable bonds is 4. The van der Waals surface area contributed by atoms with Crippen LogP contribution in [0.2, 0.25) is 0 Å². The van der Waals surface area contributed by atoms with E-state index in [2.05, 4.69) is 15.9 Å². The second-order valence-electron chi connectivity index (χ2n) is 4.25. The fourth-order valence-electron chi connectivity index (χ4n) is 1.98. The summed E-state index contributed by atoms with van der Waals surface area (Å²) in [4.78, 5) is 11.4. The lowest BCUT2D eigenvalue weighted by Gasteiger charge is -2.15. The number of carbonyl (C=O) groups is 1. The van der Waals surface area contributed by atoms with Crippen molar-refractivity contribution in [2.75, 3.05) is 7.11 Å². The van der Waals surface area contributed by atoms with Crippen LogP contribution in [0.25, 0.3) is 0 Å². The molecule has 0 aliphatic carbocycles. The van der Waals surface area contributed by atoms with E-state index in [-0.39, 0.29) is 11.5 Å². The minimum atomic E-state index is -0.613. The average Bonchev–Trinajstić information content (AvgIpc) is 2.45. The maximum Gasteiger partial charge on any atom is 0.136 e. The van der Waals surface area contributed by atoms with Gasteiger partial charge in [-0.15, -0.1) is 0 Å². The molecule has 4 nitrogen and oxygen atoms in total. The van der Waals surface area contributed by atoms with E-state index in [1.165, 1.54) is 25.3 Å². The van der Waals surface area contributed by atoms with Gasteiger partial charge in [0.1, 0.15) is 23.5 Å². The lowest BCUT2D eigenvalue weighted by molar-refractivity contribution is -0.108. The van der Waals surface area contributed by atoms with E-state index < -0.39 is 5.92 Å². The van der Waals surface area contributed by atoms with E-state index in [0.717, 1.165) is 6.29 Å². The molecule has 0 saturated heterocycles. The topological polar surface area (TPSA) is 66.8 Å². The second-order valence-corrected chi connectivity index (χ2v) is 5.11. The quantitative estimate of drug-likeness (QED) is 0.841. The third kappa shape index (κ3) is 2.77. The van der Waals surface area contributed by atoms with Crippen LogP contribution in [0.3, 0.4) is 0 Å². The SMILES string of the molecule is COc1cc(O)c(C(C=O)c2ccc(O)cc2)cc1Br. The summed E-state index contributed by atoms with van der Waals surface area (Å²) in [5.74, 6) is -0.0202. The average molecular weight is 337 g/mol. The Labute approximate surface area is 124 Å². The Morgan fingerprint density at radius 3 is 2.40 bits per heavy atom. The van der Waals surface area contributed by atoms with Gasteiger partial charge in [0.15, 0.2) is 0 Å². The van der Waals surface area contributed by atoms with Crippen molar-refractivity contribution >= 4 is 22.2 Å². The molecule has 1 atom stereocenters. The number of methoxy groups -OCH3 is 1. The number of ether oxygens (including phenoxy) is 1. The zero-order valence-electron chi connectivity index (χ0n) is 10.7. The number of hydrogen-bond acceptors (Lipinski definition) is 4. The van der Waals surface area contributed by atoms with Gasteiger partial charge in [0.2, 0.25) is 0 Å². The maximum atomic E-state index is 11.4. The van der Waals surface area contributed by atoms with Crippen LogP contribution in [0, 0.1) is 0 Å². The van der Waals surface area contributed by atoms with Gasteiger partial charge < -0.3 is 19.7 Å². The summed E-state index contributed by atoms with van der Waals surface area (Å²) in [6.07, 6.45) is 0.750. The first-order chi connectivity index (χ1) is 9.56. The van der Waals surface area contributed by atoms with E-state index in [4.69, 9.17) is 4.74 Å².